The summed E-state index contributed by atoms with van der Waals surface area (Å²) >= 11 is 0. The summed E-state index contributed by atoms with van der Waals surface area (Å²) < 4.78 is 0. The summed E-state index contributed by atoms with van der Waals surface area (Å²) in [7, 11) is 2.11. The summed E-state index contributed by atoms with van der Waals surface area (Å²) in [5.41, 5.74) is 7.62. The second kappa shape index (κ2) is 6.64. The van der Waals surface area contributed by atoms with Gasteiger partial charge in [-0.25, -0.2) is 0 Å². The maximum absolute atomic E-state index is 8.92. The largest absolute Gasteiger partial charge is 0.409 e. The van der Waals surface area contributed by atoms with E-state index in [-0.39, 0.29) is 5.84 Å². The van der Waals surface area contributed by atoms with Crippen molar-refractivity contribution < 1.29 is 5.21 Å². The quantitative estimate of drug-likeness (QED) is 0.384. The van der Waals surface area contributed by atoms with Gasteiger partial charge in [-0.3, -0.25) is 0 Å². The molecule has 1 aromatic rings. The summed E-state index contributed by atoms with van der Waals surface area (Å²) in [6, 6.07) is 8.40. The Hall–Kier alpha value is -1.71. The molecule has 0 bridgehead atoms. The highest BCUT2D eigenvalue weighted by atomic mass is 16.4. The van der Waals surface area contributed by atoms with Crippen LogP contribution >= 0.6 is 0 Å². The highest BCUT2D eigenvalue weighted by Gasteiger charge is 2.24. The molecule has 0 heterocycles. The molecule has 1 aliphatic carbocycles. The fourth-order valence-corrected chi connectivity index (χ4v) is 3.19. The fourth-order valence-electron chi connectivity index (χ4n) is 3.19. The summed E-state index contributed by atoms with van der Waals surface area (Å²) in [6.07, 6.45) is 6.34. The zero-order valence-corrected chi connectivity index (χ0v) is 12.4. The Morgan fingerprint density at radius 3 is 2.55 bits per heavy atom. The Kier molecular flexibility index (Phi) is 4.88. The minimum atomic E-state index is 0.176. The van der Waals surface area contributed by atoms with Crippen LogP contribution in [0.15, 0.2) is 29.4 Å². The lowest BCUT2D eigenvalue weighted by Gasteiger charge is -2.36. The third-order valence-electron chi connectivity index (χ3n) is 4.61. The first kappa shape index (κ1) is 14.7. The zero-order chi connectivity index (χ0) is 14.5. The van der Waals surface area contributed by atoms with E-state index in [0.29, 0.717) is 6.04 Å². The maximum atomic E-state index is 8.92. The Labute approximate surface area is 121 Å². The van der Waals surface area contributed by atoms with Crippen molar-refractivity contribution in [1.82, 2.24) is 0 Å². The van der Waals surface area contributed by atoms with Crippen molar-refractivity contribution >= 4 is 11.5 Å². The van der Waals surface area contributed by atoms with E-state index in [4.69, 9.17) is 10.9 Å². The first-order valence-corrected chi connectivity index (χ1v) is 7.47. The van der Waals surface area contributed by atoms with Gasteiger partial charge in [0.15, 0.2) is 5.84 Å². The van der Waals surface area contributed by atoms with E-state index in [9.17, 15) is 0 Å². The zero-order valence-electron chi connectivity index (χ0n) is 12.4. The second-order valence-corrected chi connectivity index (χ2v) is 5.70. The molecule has 110 valence electrons. The number of nitrogens with zero attached hydrogens (tertiary/aromatic N) is 2. The van der Waals surface area contributed by atoms with E-state index in [0.717, 1.165) is 17.2 Å². The molecule has 0 radical (unpaired) electrons. The smallest absolute Gasteiger partial charge is 0.172 e. The molecule has 1 aliphatic rings. The Morgan fingerprint density at radius 2 is 1.95 bits per heavy atom. The first-order valence-electron chi connectivity index (χ1n) is 7.47. The summed E-state index contributed by atoms with van der Waals surface area (Å²) in [5.74, 6) is 1.06. The SMILES string of the molecule is CCC1CCC(N(C)c2ccccc2C(N)=NO)CC1. The number of benzene rings is 1. The number of nitrogens with two attached hydrogens (primary N) is 1. The van der Waals surface area contributed by atoms with E-state index in [1.54, 1.807) is 0 Å². The van der Waals surface area contributed by atoms with Gasteiger partial charge >= 0.3 is 0 Å². The number of rotatable bonds is 4. The molecule has 1 aromatic carbocycles. The van der Waals surface area contributed by atoms with E-state index < -0.39 is 0 Å². The second-order valence-electron chi connectivity index (χ2n) is 5.70. The number of amidine groups is 1. The summed E-state index contributed by atoms with van der Waals surface area (Å²) in [4.78, 5) is 2.29. The van der Waals surface area contributed by atoms with Crippen LogP contribution in [0.2, 0.25) is 0 Å². The maximum Gasteiger partial charge on any atom is 0.172 e. The predicted molar refractivity (Wildman–Crippen MR) is 83.4 cm³/mol. The van der Waals surface area contributed by atoms with Crippen LogP contribution in [0.1, 0.15) is 44.6 Å². The van der Waals surface area contributed by atoms with Crippen LogP contribution in [-0.2, 0) is 0 Å². The van der Waals surface area contributed by atoms with E-state index >= 15 is 0 Å². The molecular formula is C16H25N3O. The number of oxime groups is 1. The van der Waals surface area contributed by atoms with Gasteiger partial charge < -0.3 is 15.8 Å². The highest BCUT2D eigenvalue weighted by Crippen LogP contribution is 2.32. The average Bonchev–Trinajstić information content (AvgIpc) is 2.53. The lowest BCUT2D eigenvalue weighted by molar-refractivity contribution is 0.313. The Balaban J connectivity index is 2.15. The lowest BCUT2D eigenvalue weighted by atomic mass is 9.84. The van der Waals surface area contributed by atoms with Gasteiger partial charge in [-0.05, 0) is 43.7 Å². The molecule has 0 amide bonds. The monoisotopic (exact) mass is 275 g/mol. The Morgan fingerprint density at radius 1 is 1.30 bits per heavy atom. The van der Waals surface area contributed by atoms with Crippen LogP contribution in [0, 0.1) is 5.92 Å². The van der Waals surface area contributed by atoms with Crippen molar-refractivity contribution in [3.63, 3.8) is 0 Å². The van der Waals surface area contributed by atoms with E-state index in [1.807, 2.05) is 24.3 Å². The van der Waals surface area contributed by atoms with Gasteiger partial charge in [-0.15, -0.1) is 0 Å². The number of para-hydroxylation sites is 1. The molecule has 0 saturated heterocycles. The van der Waals surface area contributed by atoms with Crippen LogP contribution in [0.3, 0.4) is 0 Å². The van der Waals surface area contributed by atoms with Gasteiger partial charge in [-0.1, -0.05) is 30.6 Å². The molecule has 3 N–H and O–H groups in total. The van der Waals surface area contributed by atoms with Crippen molar-refractivity contribution in [2.75, 3.05) is 11.9 Å². The molecule has 2 rings (SSSR count). The standard InChI is InChI=1S/C16H25N3O/c1-3-12-8-10-13(11-9-12)19(2)15-7-5-4-6-14(15)16(17)18-20/h4-7,12-13,20H,3,8-11H2,1-2H3,(H2,17,18). The van der Waals surface area contributed by atoms with Crippen molar-refractivity contribution in [3.05, 3.63) is 29.8 Å². The van der Waals surface area contributed by atoms with Crippen LogP contribution in [0.25, 0.3) is 0 Å². The van der Waals surface area contributed by atoms with Crippen molar-refractivity contribution in [2.45, 2.75) is 45.1 Å². The molecular weight excluding hydrogens is 250 g/mol. The normalized spacial score (nSPS) is 23.6. The third kappa shape index (κ3) is 3.06. The van der Waals surface area contributed by atoms with E-state index in [2.05, 4.69) is 24.0 Å². The molecule has 1 saturated carbocycles. The van der Waals surface area contributed by atoms with Gasteiger partial charge in [-0.2, -0.15) is 0 Å². The minimum Gasteiger partial charge on any atom is -0.409 e. The van der Waals surface area contributed by atoms with Crippen molar-refractivity contribution in [3.8, 4) is 0 Å². The molecule has 4 heteroatoms. The first-order chi connectivity index (χ1) is 9.67. The van der Waals surface area contributed by atoms with Gasteiger partial charge in [0.1, 0.15) is 0 Å². The molecule has 4 nitrogen and oxygen atoms in total. The van der Waals surface area contributed by atoms with Gasteiger partial charge in [0.25, 0.3) is 0 Å². The number of hydrogen-bond donors (Lipinski definition) is 2. The molecule has 0 aliphatic heterocycles. The number of hydrogen-bond acceptors (Lipinski definition) is 3. The number of anilines is 1. The molecule has 0 aromatic heterocycles. The van der Waals surface area contributed by atoms with Crippen LogP contribution in [0.4, 0.5) is 5.69 Å². The van der Waals surface area contributed by atoms with E-state index in [1.165, 1.54) is 32.1 Å². The van der Waals surface area contributed by atoms with Crippen LogP contribution in [0.5, 0.6) is 0 Å². The third-order valence-corrected chi connectivity index (χ3v) is 4.61. The van der Waals surface area contributed by atoms with Gasteiger partial charge in [0, 0.05) is 24.3 Å². The predicted octanol–water partition coefficient (Wildman–Crippen LogP) is 3.19. The molecule has 0 atom stereocenters. The van der Waals surface area contributed by atoms with Crippen molar-refractivity contribution in [1.29, 1.82) is 0 Å². The lowest BCUT2D eigenvalue weighted by Crippen LogP contribution is -2.36. The molecule has 1 fully saturated rings. The summed E-state index contributed by atoms with van der Waals surface area (Å²) in [6.45, 7) is 2.28. The van der Waals surface area contributed by atoms with Crippen LogP contribution < -0.4 is 10.6 Å². The Bertz CT molecular complexity index is 465. The molecule has 0 unspecified atom stereocenters. The minimum absolute atomic E-state index is 0.176. The molecule has 0 spiro atoms. The fraction of sp³-hybridized carbons (Fsp3) is 0.562. The van der Waals surface area contributed by atoms with Crippen LogP contribution in [-0.4, -0.2) is 24.1 Å². The summed E-state index contributed by atoms with van der Waals surface area (Å²) in [5, 5.41) is 12.1. The average molecular weight is 275 g/mol. The van der Waals surface area contributed by atoms with Gasteiger partial charge in [0.2, 0.25) is 0 Å². The molecule has 20 heavy (non-hydrogen) atoms. The topological polar surface area (TPSA) is 61.8 Å². The highest BCUT2D eigenvalue weighted by molar-refractivity contribution is 6.02. The van der Waals surface area contributed by atoms with Gasteiger partial charge in [0.05, 0.1) is 0 Å². The van der Waals surface area contributed by atoms with Crippen molar-refractivity contribution in [2.24, 2.45) is 16.8 Å².